The zero-order valence-electron chi connectivity index (χ0n) is 7.18. The molecule has 0 atom stereocenters. The Kier molecular flexibility index (Phi) is 3.52. The van der Waals surface area contributed by atoms with Gasteiger partial charge in [0, 0.05) is 0 Å². The fourth-order valence-corrected chi connectivity index (χ4v) is 1.14. The van der Waals surface area contributed by atoms with Gasteiger partial charge < -0.3 is 5.11 Å². The Bertz CT molecular complexity index is 398. The zero-order valence-corrected chi connectivity index (χ0v) is 7.93. The quantitative estimate of drug-likeness (QED) is 0.881. The maximum atomic E-state index is 13.0. The minimum Gasteiger partial charge on any atom is -0.481 e. The molecule has 0 bridgehead atoms. The van der Waals surface area contributed by atoms with Crippen LogP contribution in [0.3, 0.4) is 0 Å². The average Bonchev–Trinajstić information content (AvgIpc) is 2.09. The Balaban J connectivity index is 3.17. The van der Waals surface area contributed by atoms with Crippen molar-refractivity contribution in [1.82, 2.24) is 4.98 Å². The van der Waals surface area contributed by atoms with E-state index in [2.05, 4.69) is 4.98 Å². The molecule has 1 heterocycles. The van der Waals surface area contributed by atoms with Gasteiger partial charge in [-0.1, -0.05) is 11.6 Å². The number of aliphatic carboxylic acids is 1. The molecule has 3 nitrogen and oxygen atoms in total. The van der Waals surface area contributed by atoms with Gasteiger partial charge in [-0.25, -0.2) is 18.2 Å². The van der Waals surface area contributed by atoms with Crippen molar-refractivity contribution in [2.75, 3.05) is 0 Å². The van der Waals surface area contributed by atoms with E-state index in [1.165, 1.54) is 0 Å². The van der Waals surface area contributed by atoms with E-state index in [9.17, 15) is 18.0 Å². The molecule has 0 aromatic carbocycles. The Labute approximate surface area is 87.5 Å². The molecule has 1 N–H and O–H groups in total. The van der Waals surface area contributed by atoms with Crippen molar-refractivity contribution < 1.29 is 23.1 Å². The number of halogens is 4. The third-order valence-corrected chi connectivity index (χ3v) is 1.91. The normalized spacial score (nSPS) is 10.7. The maximum absolute atomic E-state index is 13.0. The summed E-state index contributed by atoms with van der Waals surface area (Å²) in [6, 6.07) is 0.725. The SMILES string of the molecule is O=C(O)Cc1cc(F)c(Cl)c(C(F)F)n1. The van der Waals surface area contributed by atoms with Crippen LogP contribution in [0.25, 0.3) is 0 Å². The summed E-state index contributed by atoms with van der Waals surface area (Å²) in [6.45, 7) is 0. The van der Waals surface area contributed by atoms with Gasteiger partial charge in [0.15, 0.2) is 0 Å². The molecule has 0 amide bonds. The number of rotatable bonds is 3. The summed E-state index contributed by atoms with van der Waals surface area (Å²) < 4.78 is 37.5. The van der Waals surface area contributed by atoms with Crippen LogP contribution in [0.5, 0.6) is 0 Å². The van der Waals surface area contributed by atoms with Crippen LogP contribution in [0.1, 0.15) is 17.8 Å². The van der Waals surface area contributed by atoms with Crippen LogP contribution in [0.4, 0.5) is 13.2 Å². The fraction of sp³-hybridized carbons (Fsp3) is 0.250. The molecule has 0 unspecified atom stereocenters. The van der Waals surface area contributed by atoms with Crippen molar-refractivity contribution in [2.24, 2.45) is 0 Å². The third kappa shape index (κ3) is 2.82. The third-order valence-electron chi connectivity index (χ3n) is 1.53. The van der Waals surface area contributed by atoms with Crippen molar-refractivity contribution in [3.63, 3.8) is 0 Å². The number of nitrogens with zero attached hydrogens (tertiary/aromatic N) is 1. The van der Waals surface area contributed by atoms with Crippen LogP contribution in [-0.2, 0) is 11.2 Å². The van der Waals surface area contributed by atoms with E-state index >= 15 is 0 Å². The van der Waals surface area contributed by atoms with Gasteiger partial charge in [-0.2, -0.15) is 0 Å². The molecule has 0 aliphatic heterocycles. The molecule has 0 radical (unpaired) electrons. The molecule has 0 saturated carbocycles. The van der Waals surface area contributed by atoms with Crippen molar-refractivity contribution in [2.45, 2.75) is 12.8 Å². The molecule has 1 rings (SSSR count). The first-order valence-electron chi connectivity index (χ1n) is 3.76. The van der Waals surface area contributed by atoms with Crippen LogP contribution in [-0.4, -0.2) is 16.1 Å². The molecule has 0 spiro atoms. The molecule has 7 heteroatoms. The minimum absolute atomic E-state index is 0.292. The van der Waals surface area contributed by atoms with Crippen molar-refractivity contribution in [3.05, 3.63) is 28.3 Å². The second-order valence-corrected chi connectivity index (χ2v) is 3.04. The lowest BCUT2D eigenvalue weighted by atomic mass is 10.2. The van der Waals surface area contributed by atoms with Gasteiger partial charge in [-0.05, 0) is 6.07 Å². The van der Waals surface area contributed by atoms with Crippen LogP contribution >= 0.6 is 11.6 Å². The summed E-state index contributed by atoms with van der Waals surface area (Å²) in [5.74, 6) is -2.39. The van der Waals surface area contributed by atoms with Gasteiger partial charge in [0.2, 0.25) is 0 Å². The monoisotopic (exact) mass is 239 g/mol. The summed E-state index contributed by atoms with van der Waals surface area (Å²) in [5, 5.41) is 7.60. The van der Waals surface area contributed by atoms with Gasteiger partial charge in [0.05, 0.1) is 12.1 Å². The van der Waals surface area contributed by atoms with Gasteiger partial charge in [-0.15, -0.1) is 0 Å². The topological polar surface area (TPSA) is 50.2 Å². The number of alkyl halides is 2. The van der Waals surface area contributed by atoms with Gasteiger partial charge in [0.1, 0.15) is 16.5 Å². The van der Waals surface area contributed by atoms with Crippen LogP contribution in [0, 0.1) is 5.82 Å². The van der Waals surface area contributed by atoms with Crippen LogP contribution in [0.15, 0.2) is 6.07 Å². The molecule has 15 heavy (non-hydrogen) atoms. The molecular formula is C8H5ClF3NO2. The summed E-state index contributed by atoms with van der Waals surface area (Å²) in [6.07, 6.45) is -3.67. The van der Waals surface area contributed by atoms with Crippen LogP contribution in [0.2, 0.25) is 5.02 Å². The van der Waals surface area contributed by atoms with Gasteiger partial charge in [-0.3, -0.25) is 4.79 Å². The number of carboxylic acids is 1. The molecular weight excluding hydrogens is 235 g/mol. The second-order valence-electron chi connectivity index (χ2n) is 2.67. The number of aromatic nitrogens is 1. The first kappa shape index (κ1) is 11.8. The molecule has 0 aliphatic carbocycles. The van der Waals surface area contributed by atoms with E-state index in [0.717, 1.165) is 6.07 Å². The first-order valence-corrected chi connectivity index (χ1v) is 4.14. The average molecular weight is 240 g/mol. The molecule has 0 aliphatic rings. The van der Waals surface area contributed by atoms with Crippen LogP contribution < -0.4 is 0 Å². The van der Waals surface area contributed by atoms with Crippen molar-refractivity contribution in [3.8, 4) is 0 Å². The van der Waals surface area contributed by atoms with Crippen molar-refractivity contribution >= 4 is 17.6 Å². The predicted molar refractivity (Wildman–Crippen MR) is 45.5 cm³/mol. The standard InChI is InChI=1S/C8H5ClF3NO2/c9-6-4(10)1-3(2-5(14)15)13-7(6)8(11)12/h1,8H,2H2,(H,14,15). The molecule has 82 valence electrons. The van der Waals surface area contributed by atoms with E-state index in [4.69, 9.17) is 16.7 Å². The second kappa shape index (κ2) is 4.48. The molecule has 0 saturated heterocycles. The van der Waals surface area contributed by atoms with E-state index in [1.807, 2.05) is 0 Å². The number of carbonyl (C=O) groups is 1. The van der Waals surface area contributed by atoms with E-state index in [0.29, 0.717) is 0 Å². The number of pyridine rings is 1. The van der Waals surface area contributed by atoms with Crippen molar-refractivity contribution in [1.29, 1.82) is 0 Å². The molecule has 1 aromatic rings. The highest BCUT2D eigenvalue weighted by molar-refractivity contribution is 6.31. The summed E-state index contributed by atoms with van der Waals surface area (Å²) in [7, 11) is 0. The number of hydrogen-bond acceptors (Lipinski definition) is 2. The largest absolute Gasteiger partial charge is 0.481 e. The van der Waals surface area contributed by atoms with Gasteiger partial charge in [0.25, 0.3) is 6.43 Å². The minimum atomic E-state index is -3.04. The Morgan fingerprint density at radius 2 is 2.20 bits per heavy atom. The predicted octanol–water partition coefficient (Wildman–Crippen LogP) is 2.44. The highest BCUT2D eigenvalue weighted by Gasteiger charge is 2.19. The fourth-order valence-electron chi connectivity index (χ4n) is 0.958. The van der Waals surface area contributed by atoms with E-state index in [1.54, 1.807) is 0 Å². The lowest BCUT2D eigenvalue weighted by Gasteiger charge is -2.05. The first-order chi connectivity index (χ1) is 6.91. The highest BCUT2D eigenvalue weighted by atomic mass is 35.5. The smallest absolute Gasteiger partial charge is 0.309 e. The molecule has 0 fully saturated rings. The lowest BCUT2D eigenvalue weighted by molar-refractivity contribution is -0.136. The summed E-state index contributed by atoms with van der Waals surface area (Å²) >= 11 is 5.23. The zero-order chi connectivity index (χ0) is 11.6. The molecule has 1 aromatic heterocycles. The Morgan fingerprint density at radius 3 is 2.67 bits per heavy atom. The summed E-state index contributed by atoms with van der Waals surface area (Å²) in [4.78, 5) is 13.5. The van der Waals surface area contributed by atoms with E-state index < -0.39 is 35.3 Å². The van der Waals surface area contributed by atoms with E-state index in [-0.39, 0.29) is 5.69 Å². The number of carboxylic acid groups (broad SMARTS) is 1. The lowest BCUT2D eigenvalue weighted by Crippen LogP contribution is -2.06. The Hall–Kier alpha value is -1.30. The Morgan fingerprint density at radius 1 is 1.60 bits per heavy atom. The number of hydrogen-bond donors (Lipinski definition) is 1. The highest BCUT2D eigenvalue weighted by Crippen LogP contribution is 2.27. The summed E-state index contributed by atoms with van der Waals surface area (Å²) in [5.41, 5.74) is -1.23. The van der Waals surface area contributed by atoms with Gasteiger partial charge >= 0.3 is 5.97 Å². The maximum Gasteiger partial charge on any atom is 0.309 e.